The molecule has 0 aliphatic rings. The number of nitrogens with one attached hydrogen (secondary N) is 3. The quantitative estimate of drug-likeness (QED) is 0.136. The number of rotatable bonds is 14. The van der Waals surface area contributed by atoms with Crippen LogP contribution in [0.3, 0.4) is 0 Å². The van der Waals surface area contributed by atoms with Gasteiger partial charge in [-0.2, -0.15) is 12.6 Å². The number of thiol groups is 1. The van der Waals surface area contributed by atoms with E-state index < -0.39 is 48.4 Å². The van der Waals surface area contributed by atoms with Gasteiger partial charge in [0.2, 0.25) is 17.7 Å². The number of carbonyl (C=O) groups excluding carboxylic acids is 3. The number of unbranched alkanes of at least 4 members (excludes halogenated alkanes) is 1. The van der Waals surface area contributed by atoms with Gasteiger partial charge in [0.1, 0.15) is 12.1 Å². The monoisotopic (exact) mass is 453 g/mol. The number of carboxylic acid groups (broad SMARTS) is 1. The van der Waals surface area contributed by atoms with Crippen LogP contribution in [0, 0.1) is 0 Å². The lowest BCUT2D eigenvalue weighted by Gasteiger charge is -2.21. The summed E-state index contributed by atoms with van der Waals surface area (Å²) in [6.07, 6.45) is 2.07. The van der Waals surface area contributed by atoms with Crippen molar-refractivity contribution >= 4 is 36.3 Å². The lowest BCUT2D eigenvalue weighted by Crippen LogP contribution is -2.54. The van der Waals surface area contributed by atoms with Crippen LogP contribution in [-0.2, 0) is 25.6 Å². The maximum absolute atomic E-state index is 12.7. The molecule has 0 aliphatic heterocycles. The Morgan fingerprint density at radius 3 is 2.26 bits per heavy atom. The van der Waals surface area contributed by atoms with Crippen molar-refractivity contribution in [2.24, 2.45) is 11.5 Å². The van der Waals surface area contributed by atoms with Crippen molar-refractivity contribution in [1.82, 2.24) is 16.0 Å². The molecule has 3 unspecified atom stereocenters. The molecule has 1 rings (SSSR count). The van der Waals surface area contributed by atoms with Gasteiger partial charge in [0, 0.05) is 12.2 Å². The van der Waals surface area contributed by atoms with Gasteiger partial charge in [-0.1, -0.05) is 36.8 Å². The predicted octanol–water partition coefficient (Wildman–Crippen LogP) is -1.21. The van der Waals surface area contributed by atoms with Crippen LogP contribution < -0.4 is 27.4 Å². The fourth-order valence-corrected chi connectivity index (χ4v) is 2.95. The molecule has 0 fully saturated rings. The molecule has 31 heavy (non-hydrogen) atoms. The first-order valence-corrected chi connectivity index (χ1v) is 10.6. The lowest BCUT2D eigenvalue weighted by molar-refractivity contribution is -0.141. The highest BCUT2D eigenvalue weighted by atomic mass is 32.1. The van der Waals surface area contributed by atoms with Crippen molar-refractivity contribution in [3.05, 3.63) is 35.9 Å². The molecule has 8 N–H and O–H groups in total. The second kappa shape index (κ2) is 14.4. The first-order chi connectivity index (χ1) is 14.8. The van der Waals surface area contributed by atoms with Crippen molar-refractivity contribution in [1.29, 1.82) is 0 Å². The van der Waals surface area contributed by atoms with Crippen molar-refractivity contribution in [2.45, 2.75) is 43.8 Å². The number of benzene rings is 1. The first kappa shape index (κ1) is 26.4. The minimum Gasteiger partial charge on any atom is -0.480 e. The van der Waals surface area contributed by atoms with Gasteiger partial charge in [-0.15, -0.1) is 0 Å². The molecule has 172 valence electrons. The van der Waals surface area contributed by atoms with E-state index in [4.69, 9.17) is 16.6 Å². The largest absolute Gasteiger partial charge is 0.480 e. The van der Waals surface area contributed by atoms with Crippen molar-refractivity contribution in [3.63, 3.8) is 0 Å². The highest BCUT2D eigenvalue weighted by Gasteiger charge is 2.25. The third-order valence-electron chi connectivity index (χ3n) is 4.46. The van der Waals surface area contributed by atoms with Crippen molar-refractivity contribution in [3.8, 4) is 0 Å². The summed E-state index contributed by atoms with van der Waals surface area (Å²) in [6.45, 7) is 0.0610. The summed E-state index contributed by atoms with van der Waals surface area (Å²) in [5.41, 5.74) is 12.2. The van der Waals surface area contributed by atoms with Crippen LogP contribution in [0.5, 0.6) is 0 Å². The highest BCUT2D eigenvalue weighted by molar-refractivity contribution is 7.80. The molecule has 0 heterocycles. The Hall–Kier alpha value is -2.63. The second-order valence-electron chi connectivity index (χ2n) is 7.00. The summed E-state index contributed by atoms with van der Waals surface area (Å²) in [4.78, 5) is 48.0. The molecule has 1 aromatic rings. The SMILES string of the molecule is NCCCCC(N)C(=O)NC(Cc1ccccc1)C(=O)NCC(=O)NC(CS)C(=O)O. The lowest BCUT2D eigenvalue weighted by atomic mass is 10.0. The number of carboxylic acids is 1. The van der Waals surface area contributed by atoms with Gasteiger partial charge < -0.3 is 32.5 Å². The van der Waals surface area contributed by atoms with E-state index in [2.05, 4.69) is 28.6 Å². The third-order valence-corrected chi connectivity index (χ3v) is 4.83. The van der Waals surface area contributed by atoms with E-state index in [0.717, 1.165) is 12.0 Å². The molecule has 1 aromatic carbocycles. The van der Waals surface area contributed by atoms with Gasteiger partial charge in [-0.25, -0.2) is 4.79 Å². The highest BCUT2D eigenvalue weighted by Crippen LogP contribution is 2.05. The summed E-state index contributed by atoms with van der Waals surface area (Å²) in [5.74, 6) is -3.06. The van der Waals surface area contributed by atoms with Gasteiger partial charge in [-0.05, 0) is 24.9 Å². The Morgan fingerprint density at radius 2 is 1.68 bits per heavy atom. The number of hydrogen-bond donors (Lipinski definition) is 7. The second-order valence-corrected chi connectivity index (χ2v) is 7.37. The first-order valence-electron chi connectivity index (χ1n) is 9.99. The van der Waals surface area contributed by atoms with Gasteiger partial charge in [0.25, 0.3) is 0 Å². The summed E-state index contributed by atoms with van der Waals surface area (Å²) in [7, 11) is 0. The van der Waals surface area contributed by atoms with E-state index in [9.17, 15) is 19.2 Å². The Kier molecular flexibility index (Phi) is 12.3. The smallest absolute Gasteiger partial charge is 0.327 e. The summed E-state index contributed by atoms with van der Waals surface area (Å²) in [5, 5.41) is 16.3. The van der Waals surface area contributed by atoms with Gasteiger partial charge in [-0.3, -0.25) is 14.4 Å². The topological polar surface area (TPSA) is 177 Å². The van der Waals surface area contributed by atoms with Crippen molar-refractivity contribution < 1.29 is 24.3 Å². The maximum atomic E-state index is 12.7. The Balaban J connectivity index is 2.74. The molecule has 3 amide bonds. The molecule has 0 aliphatic carbocycles. The molecular formula is C20H31N5O5S. The number of amides is 3. The van der Waals surface area contributed by atoms with Crippen LogP contribution in [0.4, 0.5) is 0 Å². The van der Waals surface area contributed by atoms with Gasteiger partial charge >= 0.3 is 5.97 Å². The zero-order valence-corrected chi connectivity index (χ0v) is 18.1. The maximum Gasteiger partial charge on any atom is 0.327 e. The predicted molar refractivity (Wildman–Crippen MR) is 119 cm³/mol. The Labute approximate surface area is 186 Å². The molecule has 10 nitrogen and oxygen atoms in total. The zero-order valence-electron chi connectivity index (χ0n) is 17.3. The van der Waals surface area contributed by atoms with Gasteiger partial charge in [0.05, 0.1) is 12.6 Å². The Morgan fingerprint density at radius 1 is 1.00 bits per heavy atom. The third kappa shape index (κ3) is 10.3. The van der Waals surface area contributed by atoms with Crippen LogP contribution in [0.15, 0.2) is 30.3 Å². The molecule has 0 spiro atoms. The van der Waals surface area contributed by atoms with E-state index >= 15 is 0 Å². The number of carbonyl (C=O) groups is 4. The number of hydrogen-bond acceptors (Lipinski definition) is 7. The summed E-state index contributed by atoms with van der Waals surface area (Å²) >= 11 is 3.86. The molecular weight excluding hydrogens is 422 g/mol. The normalized spacial score (nSPS) is 13.5. The van der Waals surface area contributed by atoms with E-state index in [1.165, 1.54) is 0 Å². The van der Waals surface area contributed by atoms with Crippen LogP contribution in [0.2, 0.25) is 0 Å². The molecule has 0 bridgehead atoms. The average molecular weight is 454 g/mol. The van der Waals surface area contributed by atoms with Gasteiger partial charge in [0.15, 0.2) is 0 Å². The molecule has 0 aromatic heterocycles. The number of nitrogens with two attached hydrogens (primary N) is 2. The average Bonchev–Trinajstić information content (AvgIpc) is 2.75. The zero-order chi connectivity index (χ0) is 23.2. The molecule has 0 radical (unpaired) electrons. The van der Waals surface area contributed by atoms with Crippen LogP contribution in [-0.4, -0.2) is 65.8 Å². The van der Waals surface area contributed by atoms with E-state index in [-0.39, 0.29) is 12.2 Å². The summed E-state index contributed by atoms with van der Waals surface area (Å²) < 4.78 is 0. The van der Waals surface area contributed by atoms with Crippen LogP contribution >= 0.6 is 12.6 Å². The fourth-order valence-electron chi connectivity index (χ4n) is 2.70. The minimum atomic E-state index is -1.23. The van der Waals surface area contributed by atoms with E-state index in [1.807, 2.05) is 30.3 Å². The van der Waals surface area contributed by atoms with Crippen LogP contribution in [0.25, 0.3) is 0 Å². The molecule has 3 atom stereocenters. The molecule has 11 heteroatoms. The molecule has 0 saturated carbocycles. The fraction of sp³-hybridized carbons (Fsp3) is 0.500. The Bertz CT molecular complexity index is 734. The van der Waals surface area contributed by atoms with E-state index in [1.54, 1.807) is 0 Å². The van der Waals surface area contributed by atoms with Crippen LogP contribution in [0.1, 0.15) is 24.8 Å². The molecule has 0 saturated heterocycles. The minimum absolute atomic E-state index is 0.0935. The van der Waals surface area contributed by atoms with Crippen molar-refractivity contribution in [2.75, 3.05) is 18.8 Å². The standard InChI is InChI=1S/C20H31N5O5S/c21-9-5-4-8-14(22)18(27)25-15(10-13-6-2-1-3-7-13)19(28)23-11-17(26)24-16(12-31)20(29)30/h1-3,6-7,14-16,31H,4-5,8-12,21-22H2,(H,23,28)(H,24,26)(H,25,27)(H,29,30). The number of aliphatic carboxylic acids is 1. The van der Waals surface area contributed by atoms with E-state index in [0.29, 0.717) is 19.4 Å². The summed E-state index contributed by atoms with van der Waals surface area (Å²) in [6, 6.07) is 6.16.